The zero-order valence-electron chi connectivity index (χ0n) is 16.6. The van der Waals surface area contributed by atoms with E-state index in [0.717, 1.165) is 23.2 Å². The maximum Gasteiger partial charge on any atom is 0.277 e. The molecule has 0 bridgehead atoms. The summed E-state index contributed by atoms with van der Waals surface area (Å²) in [5.74, 6) is -0.563. The molecular weight excluding hydrogens is 446 g/mol. The lowest BCUT2D eigenvalue weighted by Gasteiger charge is -2.07. The van der Waals surface area contributed by atoms with Crippen LogP contribution in [0.3, 0.4) is 0 Å². The van der Waals surface area contributed by atoms with Crippen LogP contribution in [0.2, 0.25) is 5.02 Å². The molecule has 0 saturated carbocycles. The van der Waals surface area contributed by atoms with Gasteiger partial charge in [0.2, 0.25) is 20.1 Å². The molecule has 0 aliphatic carbocycles. The van der Waals surface area contributed by atoms with Crippen LogP contribution in [0.1, 0.15) is 40.5 Å². The molecule has 0 saturated heterocycles. The third-order valence-corrected chi connectivity index (χ3v) is 6.53. The van der Waals surface area contributed by atoms with Gasteiger partial charge in [-0.15, -0.1) is 10.2 Å². The fraction of sp³-hybridized carbons (Fsp3) is 0.316. The summed E-state index contributed by atoms with van der Waals surface area (Å²) in [6.45, 7) is 5.98. The van der Waals surface area contributed by atoms with Gasteiger partial charge in [-0.3, -0.25) is 10.1 Å². The SMILES string of the molecule is Cc1cccc(CS(=O)(=O)c2ncc(Cl)c(C(=O)Nc3nnc(CC(C)C)s3)n2)c1. The van der Waals surface area contributed by atoms with E-state index in [1.54, 1.807) is 18.2 Å². The number of nitrogens with one attached hydrogen (secondary N) is 1. The second kappa shape index (κ2) is 9.15. The summed E-state index contributed by atoms with van der Waals surface area (Å²) in [4.78, 5) is 20.4. The van der Waals surface area contributed by atoms with Crippen molar-refractivity contribution in [1.82, 2.24) is 20.2 Å². The van der Waals surface area contributed by atoms with Gasteiger partial charge in [0.05, 0.1) is 17.0 Å². The predicted molar refractivity (Wildman–Crippen MR) is 116 cm³/mol. The van der Waals surface area contributed by atoms with E-state index in [-0.39, 0.29) is 21.6 Å². The van der Waals surface area contributed by atoms with E-state index in [4.69, 9.17) is 11.6 Å². The first-order valence-corrected chi connectivity index (χ1v) is 11.9. The fourth-order valence-corrected chi connectivity index (χ4v) is 4.95. The number of aromatic nitrogens is 4. The van der Waals surface area contributed by atoms with Crippen molar-refractivity contribution in [3.05, 3.63) is 57.3 Å². The summed E-state index contributed by atoms with van der Waals surface area (Å²) >= 11 is 7.29. The lowest BCUT2D eigenvalue weighted by atomic mass is 10.1. The zero-order chi connectivity index (χ0) is 21.9. The highest BCUT2D eigenvalue weighted by Crippen LogP contribution is 2.22. The van der Waals surface area contributed by atoms with Crippen LogP contribution in [0.4, 0.5) is 5.13 Å². The van der Waals surface area contributed by atoms with Gasteiger partial charge in [-0.25, -0.2) is 18.4 Å². The Labute approximate surface area is 183 Å². The summed E-state index contributed by atoms with van der Waals surface area (Å²) in [6, 6.07) is 7.12. The van der Waals surface area contributed by atoms with E-state index in [0.29, 0.717) is 11.5 Å². The predicted octanol–water partition coefficient (Wildman–Crippen LogP) is 3.71. The van der Waals surface area contributed by atoms with Crippen LogP contribution >= 0.6 is 22.9 Å². The van der Waals surface area contributed by atoms with Crippen LogP contribution in [0, 0.1) is 12.8 Å². The number of aryl methyl sites for hydroxylation is 1. The van der Waals surface area contributed by atoms with Crippen LogP contribution in [-0.2, 0) is 22.0 Å². The smallest absolute Gasteiger partial charge is 0.277 e. The van der Waals surface area contributed by atoms with Crippen LogP contribution in [0.15, 0.2) is 35.6 Å². The van der Waals surface area contributed by atoms with Gasteiger partial charge < -0.3 is 0 Å². The molecule has 3 aromatic rings. The number of amides is 1. The summed E-state index contributed by atoms with van der Waals surface area (Å²) < 4.78 is 25.5. The molecule has 2 aromatic heterocycles. The highest BCUT2D eigenvalue weighted by atomic mass is 35.5. The molecule has 8 nitrogen and oxygen atoms in total. The second-order valence-corrected chi connectivity index (χ2v) is 10.5. The van der Waals surface area contributed by atoms with Crippen LogP contribution in [-0.4, -0.2) is 34.5 Å². The van der Waals surface area contributed by atoms with Crippen molar-refractivity contribution >= 4 is 43.8 Å². The summed E-state index contributed by atoms with van der Waals surface area (Å²) in [7, 11) is -3.87. The van der Waals surface area contributed by atoms with E-state index in [1.807, 2.05) is 13.0 Å². The molecule has 0 unspecified atom stereocenters. The second-order valence-electron chi connectivity index (χ2n) is 7.15. The van der Waals surface area contributed by atoms with Crippen LogP contribution < -0.4 is 5.32 Å². The van der Waals surface area contributed by atoms with Crippen molar-refractivity contribution in [2.45, 2.75) is 38.1 Å². The van der Waals surface area contributed by atoms with Crippen molar-refractivity contribution in [3.63, 3.8) is 0 Å². The Morgan fingerprint density at radius 1 is 1.27 bits per heavy atom. The Kier molecular flexibility index (Phi) is 6.79. The van der Waals surface area contributed by atoms with E-state index in [1.165, 1.54) is 11.3 Å². The van der Waals surface area contributed by atoms with Gasteiger partial charge in [0.25, 0.3) is 5.91 Å². The monoisotopic (exact) mass is 465 g/mol. The molecule has 1 amide bonds. The number of hydrogen-bond acceptors (Lipinski definition) is 8. The van der Waals surface area contributed by atoms with Crippen molar-refractivity contribution in [3.8, 4) is 0 Å². The molecule has 2 heterocycles. The van der Waals surface area contributed by atoms with E-state index >= 15 is 0 Å². The number of anilines is 1. The number of sulfone groups is 1. The largest absolute Gasteiger partial charge is 0.295 e. The van der Waals surface area contributed by atoms with Crippen LogP contribution in [0.5, 0.6) is 0 Å². The Morgan fingerprint density at radius 2 is 2.03 bits per heavy atom. The normalized spacial score (nSPS) is 11.6. The third-order valence-electron chi connectivity index (χ3n) is 3.92. The molecule has 1 N–H and O–H groups in total. The fourth-order valence-electron chi connectivity index (χ4n) is 2.64. The summed E-state index contributed by atoms with van der Waals surface area (Å²) in [5.41, 5.74) is 1.30. The summed E-state index contributed by atoms with van der Waals surface area (Å²) in [6.07, 6.45) is 1.85. The molecule has 0 spiro atoms. The molecule has 0 radical (unpaired) electrons. The average Bonchev–Trinajstić information content (AvgIpc) is 3.07. The number of halogens is 1. The van der Waals surface area contributed by atoms with E-state index in [2.05, 4.69) is 39.3 Å². The lowest BCUT2D eigenvalue weighted by molar-refractivity contribution is 0.102. The minimum atomic E-state index is -3.87. The first-order valence-electron chi connectivity index (χ1n) is 9.08. The molecular formula is C19H20ClN5O3S2. The Morgan fingerprint density at radius 3 is 2.73 bits per heavy atom. The third kappa shape index (κ3) is 5.59. The van der Waals surface area contributed by atoms with Gasteiger partial charge in [-0.05, 0) is 18.4 Å². The maximum absolute atomic E-state index is 12.7. The molecule has 0 aliphatic heterocycles. The number of carbonyl (C=O) groups excluding carboxylic acids is 1. The standard InChI is InChI=1S/C19H20ClN5O3S2/c1-11(2)7-15-24-25-18(29-15)23-17(26)16-14(20)9-21-19(22-16)30(27,28)10-13-6-4-5-12(3)8-13/h4-6,8-9,11H,7,10H2,1-3H3,(H,23,25,26). The van der Waals surface area contributed by atoms with Gasteiger partial charge in [-0.1, -0.05) is 66.6 Å². The van der Waals surface area contributed by atoms with Crippen molar-refractivity contribution < 1.29 is 13.2 Å². The number of benzene rings is 1. The molecule has 0 fully saturated rings. The van der Waals surface area contributed by atoms with Crippen molar-refractivity contribution in [1.29, 1.82) is 0 Å². The van der Waals surface area contributed by atoms with Gasteiger partial charge in [0.1, 0.15) is 5.01 Å². The molecule has 158 valence electrons. The summed E-state index contributed by atoms with van der Waals surface area (Å²) in [5, 5.41) is 11.1. The van der Waals surface area contributed by atoms with Crippen LogP contribution in [0.25, 0.3) is 0 Å². The maximum atomic E-state index is 12.7. The van der Waals surface area contributed by atoms with Gasteiger partial charge >= 0.3 is 0 Å². The number of hydrogen-bond donors (Lipinski definition) is 1. The number of carbonyl (C=O) groups is 1. The van der Waals surface area contributed by atoms with E-state index in [9.17, 15) is 13.2 Å². The first kappa shape index (κ1) is 22.3. The topological polar surface area (TPSA) is 115 Å². The molecule has 11 heteroatoms. The van der Waals surface area contributed by atoms with Gasteiger partial charge in [0, 0.05) is 6.42 Å². The highest BCUT2D eigenvalue weighted by molar-refractivity contribution is 7.90. The number of rotatable bonds is 7. The lowest BCUT2D eigenvalue weighted by Crippen LogP contribution is -2.18. The average molecular weight is 466 g/mol. The minimum absolute atomic E-state index is 0.0612. The van der Waals surface area contributed by atoms with Gasteiger partial charge in [-0.2, -0.15) is 0 Å². The van der Waals surface area contributed by atoms with Gasteiger partial charge in [0.15, 0.2) is 5.69 Å². The Bertz CT molecular complexity index is 1180. The Hall–Kier alpha value is -2.43. The van der Waals surface area contributed by atoms with Crippen molar-refractivity contribution in [2.24, 2.45) is 5.92 Å². The first-order chi connectivity index (χ1) is 14.1. The minimum Gasteiger partial charge on any atom is -0.295 e. The highest BCUT2D eigenvalue weighted by Gasteiger charge is 2.23. The molecule has 0 atom stereocenters. The molecule has 1 aromatic carbocycles. The quantitative estimate of drug-likeness (QED) is 0.528. The zero-order valence-corrected chi connectivity index (χ0v) is 19.0. The molecule has 30 heavy (non-hydrogen) atoms. The van der Waals surface area contributed by atoms with Crippen molar-refractivity contribution in [2.75, 3.05) is 5.32 Å². The Balaban J connectivity index is 1.82. The molecule has 3 rings (SSSR count). The number of nitrogens with zero attached hydrogens (tertiary/aromatic N) is 4. The van der Waals surface area contributed by atoms with E-state index < -0.39 is 20.9 Å². The molecule has 0 aliphatic rings.